The van der Waals surface area contributed by atoms with Gasteiger partial charge in [-0.1, -0.05) is 60.2 Å². The van der Waals surface area contributed by atoms with Crippen LogP contribution in [0.3, 0.4) is 0 Å². The first kappa shape index (κ1) is 10.3. The van der Waals surface area contributed by atoms with E-state index in [1.54, 1.807) is 0 Å². The minimum absolute atomic E-state index is 0.173. The monoisotopic (exact) mass is 214 g/mol. The molecule has 0 aliphatic carbocycles. The van der Waals surface area contributed by atoms with E-state index in [-0.39, 0.29) is 5.25 Å². The van der Waals surface area contributed by atoms with Crippen LogP contribution in [0.1, 0.15) is 21.9 Å². The first-order valence-electron chi connectivity index (χ1n) is 5.07. The van der Waals surface area contributed by atoms with Crippen LogP contribution in [-0.4, -0.2) is 0 Å². The summed E-state index contributed by atoms with van der Waals surface area (Å²) in [5.74, 6) is 0. The van der Waals surface area contributed by atoms with E-state index in [0.29, 0.717) is 0 Å². The highest BCUT2D eigenvalue weighted by molar-refractivity contribution is 7.80. The zero-order valence-electron chi connectivity index (χ0n) is 8.72. The maximum absolute atomic E-state index is 4.64. The molecular formula is C14H14S. The van der Waals surface area contributed by atoms with Crippen LogP contribution in [0.25, 0.3) is 0 Å². The number of benzene rings is 2. The maximum Gasteiger partial charge on any atom is 0.0516 e. The van der Waals surface area contributed by atoms with E-state index in [1.165, 1.54) is 16.7 Å². The van der Waals surface area contributed by atoms with Crippen molar-refractivity contribution in [3.05, 3.63) is 71.3 Å². The number of thiol groups is 1. The highest BCUT2D eigenvalue weighted by atomic mass is 32.1. The molecule has 0 saturated heterocycles. The quantitative estimate of drug-likeness (QED) is 0.717. The molecule has 0 aliphatic rings. The first-order valence-corrected chi connectivity index (χ1v) is 5.58. The van der Waals surface area contributed by atoms with Gasteiger partial charge >= 0.3 is 0 Å². The Hall–Kier alpha value is -1.21. The van der Waals surface area contributed by atoms with Crippen molar-refractivity contribution in [1.82, 2.24) is 0 Å². The number of hydrogen-bond acceptors (Lipinski definition) is 1. The van der Waals surface area contributed by atoms with Crippen molar-refractivity contribution in [2.45, 2.75) is 12.2 Å². The molecule has 0 radical (unpaired) electrons. The molecule has 2 aromatic rings. The third-order valence-electron chi connectivity index (χ3n) is 2.51. The van der Waals surface area contributed by atoms with Gasteiger partial charge in [0.2, 0.25) is 0 Å². The molecule has 0 N–H and O–H groups in total. The van der Waals surface area contributed by atoms with Crippen molar-refractivity contribution >= 4 is 12.6 Å². The third kappa shape index (κ3) is 2.42. The Bertz CT molecular complexity index is 417. The molecule has 1 unspecified atom stereocenters. The summed E-state index contributed by atoms with van der Waals surface area (Å²) in [7, 11) is 0. The van der Waals surface area contributed by atoms with E-state index in [1.807, 2.05) is 18.2 Å². The predicted octanol–water partition coefficient (Wildman–Crippen LogP) is 4.01. The van der Waals surface area contributed by atoms with E-state index >= 15 is 0 Å². The second-order valence-electron chi connectivity index (χ2n) is 3.72. The van der Waals surface area contributed by atoms with E-state index in [9.17, 15) is 0 Å². The lowest BCUT2D eigenvalue weighted by molar-refractivity contribution is 1.16. The standard InChI is InChI=1S/C14H14S/c1-11-7-9-13(10-8-11)14(15)12-5-3-2-4-6-12/h2-10,14-15H,1H3. The Balaban J connectivity index is 2.29. The minimum atomic E-state index is 0.173. The van der Waals surface area contributed by atoms with Gasteiger partial charge in [0.05, 0.1) is 5.25 Å². The highest BCUT2D eigenvalue weighted by Gasteiger charge is 2.07. The van der Waals surface area contributed by atoms with Gasteiger partial charge in [0.25, 0.3) is 0 Å². The Morgan fingerprint density at radius 2 is 1.33 bits per heavy atom. The SMILES string of the molecule is Cc1ccc(C(S)c2ccccc2)cc1. The van der Waals surface area contributed by atoms with Crippen LogP contribution in [0.4, 0.5) is 0 Å². The lowest BCUT2D eigenvalue weighted by Gasteiger charge is -2.11. The molecule has 0 heterocycles. The van der Waals surface area contributed by atoms with Gasteiger partial charge in [-0.3, -0.25) is 0 Å². The summed E-state index contributed by atoms with van der Waals surface area (Å²) in [4.78, 5) is 0. The van der Waals surface area contributed by atoms with Crippen LogP contribution in [0.2, 0.25) is 0 Å². The molecule has 15 heavy (non-hydrogen) atoms. The summed E-state index contributed by atoms with van der Waals surface area (Å²) in [6.45, 7) is 2.10. The number of rotatable bonds is 2. The van der Waals surface area contributed by atoms with Gasteiger partial charge in [0.15, 0.2) is 0 Å². The van der Waals surface area contributed by atoms with Crippen LogP contribution in [0, 0.1) is 6.92 Å². The largest absolute Gasteiger partial charge is 0.166 e. The molecule has 0 saturated carbocycles. The second kappa shape index (κ2) is 4.54. The lowest BCUT2D eigenvalue weighted by atomic mass is 10.0. The van der Waals surface area contributed by atoms with Gasteiger partial charge in [0, 0.05) is 0 Å². The molecule has 0 aromatic heterocycles. The average molecular weight is 214 g/mol. The molecule has 2 rings (SSSR count). The Morgan fingerprint density at radius 3 is 1.93 bits per heavy atom. The number of aryl methyl sites for hydroxylation is 1. The molecule has 76 valence electrons. The van der Waals surface area contributed by atoms with Crippen molar-refractivity contribution in [2.24, 2.45) is 0 Å². The lowest BCUT2D eigenvalue weighted by Crippen LogP contribution is -1.92. The van der Waals surface area contributed by atoms with E-state index in [4.69, 9.17) is 0 Å². The third-order valence-corrected chi connectivity index (χ3v) is 3.10. The molecule has 0 nitrogen and oxygen atoms in total. The molecule has 0 spiro atoms. The highest BCUT2D eigenvalue weighted by Crippen LogP contribution is 2.27. The van der Waals surface area contributed by atoms with Crippen molar-refractivity contribution in [2.75, 3.05) is 0 Å². The fourth-order valence-electron chi connectivity index (χ4n) is 1.58. The molecule has 0 fully saturated rings. The predicted molar refractivity (Wildman–Crippen MR) is 68.5 cm³/mol. The van der Waals surface area contributed by atoms with Crippen LogP contribution < -0.4 is 0 Å². The fraction of sp³-hybridized carbons (Fsp3) is 0.143. The minimum Gasteiger partial charge on any atom is -0.166 e. The maximum atomic E-state index is 4.64. The van der Waals surface area contributed by atoms with Crippen molar-refractivity contribution in [3.63, 3.8) is 0 Å². The van der Waals surface area contributed by atoms with Gasteiger partial charge in [-0.15, -0.1) is 0 Å². The second-order valence-corrected chi connectivity index (χ2v) is 4.24. The molecule has 0 aliphatic heterocycles. The van der Waals surface area contributed by atoms with Crippen LogP contribution in [-0.2, 0) is 0 Å². The van der Waals surface area contributed by atoms with Gasteiger partial charge in [-0.2, -0.15) is 12.6 Å². The summed E-state index contributed by atoms with van der Waals surface area (Å²) in [6.07, 6.45) is 0. The zero-order valence-corrected chi connectivity index (χ0v) is 9.62. The topological polar surface area (TPSA) is 0 Å². The van der Waals surface area contributed by atoms with Crippen molar-refractivity contribution in [3.8, 4) is 0 Å². The molecule has 1 atom stereocenters. The summed E-state index contributed by atoms with van der Waals surface area (Å²) in [5.41, 5.74) is 3.77. The smallest absolute Gasteiger partial charge is 0.0516 e. The average Bonchev–Trinajstić information content (AvgIpc) is 2.30. The van der Waals surface area contributed by atoms with Gasteiger partial charge in [-0.05, 0) is 18.1 Å². The van der Waals surface area contributed by atoms with Gasteiger partial charge in [0.1, 0.15) is 0 Å². The van der Waals surface area contributed by atoms with E-state index in [2.05, 4.69) is 56.0 Å². The van der Waals surface area contributed by atoms with Gasteiger partial charge in [-0.25, -0.2) is 0 Å². The Kier molecular flexibility index (Phi) is 3.12. The van der Waals surface area contributed by atoms with Crippen LogP contribution >= 0.6 is 12.6 Å². The zero-order chi connectivity index (χ0) is 10.7. The fourth-order valence-corrected chi connectivity index (χ4v) is 1.92. The van der Waals surface area contributed by atoms with Crippen molar-refractivity contribution in [1.29, 1.82) is 0 Å². The summed E-state index contributed by atoms with van der Waals surface area (Å²) in [6, 6.07) is 18.9. The number of hydrogen-bond donors (Lipinski definition) is 1. The Morgan fingerprint density at radius 1 is 0.800 bits per heavy atom. The van der Waals surface area contributed by atoms with Crippen molar-refractivity contribution < 1.29 is 0 Å². The molecule has 0 amide bonds. The summed E-state index contributed by atoms with van der Waals surface area (Å²) >= 11 is 4.64. The summed E-state index contributed by atoms with van der Waals surface area (Å²) in [5, 5.41) is 0.173. The first-order chi connectivity index (χ1) is 7.27. The molecular weight excluding hydrogens is 200 g/mol. The summed E-state index contributed by atoms with van der Waals surface area (Å²) < 4.78 is 0. The molecule has 0 bridgehead atoms. The molecule has 1 heteroatoms. The van der Waals surface area contributed by atoms with E-state index in [0.717, 1.165) is 0 Å². The normalized spacial score (nSPS) is 12.4. The van der Waals surface area contributed by atoms with Gasteiger partial charge < -0.3 is 0 Å². The van der Waals surface area contributed by atoms with Crippen LogP contribution in [0.15, 0.2) is 54.6 Å². The molecule has 2 aromatic carbocycles. The van der Waals surface area contributed by atoms with Crippen LogP contribution in [0.5, 0.6) is 0 Å². The Labute approximate surface area is 96.4 Å². The van der Waals surface area contributed by atoms with E-state index < -0.39 is 0 Å².